The highest BCUT2D eigenvalue weighted by molar-refractivity contribution is 5.27. The number of nitrogens with zero attached hydrogens (tertiary/aromatic N) is 4. The second-order valence-corrected chi connectivity index (χ2v) is 4.75. The average molecular weight is 274 g/mol. The summed E-state index contributed by atoms with van der Waals surface area (Å²) in [6.07, 6.45) is 0. The van der Waals surface area contributed by atoms with E-state index in [0.29, 0.717) is 6.54 Å². The molecule has 2 heterocycles. The molecule has 1 aliphatic heterocycles. The second kappa shape index (κ2) is 5.98. The fourth-order valence-electron chi connectivity index (χ4n) is 2.31. The Morgan fingerprint density at radius 1 is 1.30 bits per heavy atom. The summed E-state index contributed by atoms with van der Waals surface area (Å²) in [7, 11) is 1.66. The highest BCUT2D eigenvalue weighted by Crippen LogP contribution is 2.14. The minimum Gasteiger partial charge on any atom is -0.497 e. The van der Waals surface area contributed by atoms with Crippen LogP contribution in [0.2, 0.25) is 0 Å². The third-order valence-corrected chi connectivity index (χ3v) is 3.40. The van der Waals surface area contributed by atoms with E-state index in [1.807, 2.05) is 28.9 Å². The minimum absolute atomic E-state index is 0.164. The van der Waals surface area contributed by atoms with Crippen LogP contribution in [0.15, 0.2) is 24.3 Å². The smallest absolute Gasteiger partial charge is 0.169 e. The molecule has 1 saturated heterocycles. The Hall–Kier alpha value is -1.99. The topological polar surface area (TPSA) is 76.9 Å². The Bertz CT molecular complexity index is 546. The normalized spacial score (nSPS) is 18.9. The van der Waals surface area contributed by atoms with Crippen LogP contribution < -0.4 is 15.4 Å². The molecule has 0 saturated carbocycles. The van der Waals surface area contributed by atoms with E-state index in [1.165, 1.54) is 0 Å². The second-order valence-electron chi connectivity index (χ2n) is 4.75. The van der Waals surface area contributed by atoms with E-state index in [1.54, 1.807) is 7.11 Å². The summed E-state index contributed by atoms with van der Waals surface area (Å²) in [6, 6.07) is 8.10. The van der Waals surface area contributed by atoms with E-state index < -0.39 is 0 Å². The minimum atomic E-state index is 0.164. The summed E-state index contributed by atoms with van der Waals surface area (Å²) < 4.78 is 7.00. The highest BCUT2D eigenvalue weighted by Gasteiger charge is 2.20. The third kappa shape index (κ3) is 2.78. The third-order valence-electron chi connectivity index (χ3n) is 3.40. The first-order valence-corrected chi connectivity index (χ1v) is 6.70. The molecule has 7 heteroatoms. The molecule has 1 fully saturated rings. The molecule has 7 nitrogen and oxygen atoms in total. The van der Waals surface area contributed by atoms with Crippen LogP contribution in [-0.4, -0.2) is 47.0 Å². The van der Waals surface area contributed by atoms with Gasteiger partial charge in [-0.15, -0.1) is 5.10 Å². The molecule has 0 bridgehead atoms. The van der Waals surface area contributed by atoms with Crippen molar-refractivity contribution in [3.63, 3.8) is 0 Å². The predicted molar refractivity (Wildman–Crippen MR) is 73.5 cm³/mol. The van der Waals surface area contributed by atoms with E-state index in [2.05, 4.69) is 26.2 Å². The largest absolute Gasteiger partial charge is 0.497 e. The molecule has 1 atom stereocenters. The van der Waals surface area contributed by atoms with Gasteiger partial charge in [-0.25, -0.2) is 4.68 Å². The zero-order chi connectivity index (χ0) is 13.8. The van der Waals surface area contributed by atoms with Gasteiger partial charge in [0.1, 0.15) is 5.75 Å². The molecule has 0 amide bonds. The van der Waals surface area contributed by atoms with Gasteiger partial charge in [0.05, 0.1) is 19.7 Å². The number of benzene rings is 1. The van der Waals surface area contributed by atoms with Gasteiger partial charge in [0.25, 0.3) is 0 Å². The lowest BCUT2D eigenvalue weighted by molar-refractivity contribution is 0.399. The first kappa shape index (κ1) is 13.0. The number of piperazine rings is 1. The van der Waals surface area contributed by atoms with E-state index in [4.69, 9.17) is 4.74 Å². The number of hydrogen-bond acceptors (Lipinski definition) is 6. The number of tetrazole rings is 1. The average Bonchev–Trinajstić information content (AvgIpc) is 2.97. The number of hydrogen-bond donors (Lipinski definition) is 2. The first-order valence-electron chi connectivity index (χ1n) is 6.70. The molecular weight excluding hydrogens is 256 g/mol. The Balaban J connectivity index is 1.75. The van der Waals surface area contributed by atoms with Gasteiger partial charge >= 0.3 is 0 Å². The summed E-state index contributed by atoms with van der Waals surface area (Å²) in [6.45, 7) is 3.42. The monoisotopic (exact) mass is 274 g/mol. The van der Waals surface area contributed by atoms with Crippen molar-refractivity contribution in [1.29, 1.82) is 0 Å². The molecule has 1 aromatic carbocycles. The van der Waals surface area contributed by atoms with Gasteiger partial charge in [-0.2, -0.15) is 0 Å². The molecule has 2 aromatic rings. The maximum absolute atomic E-state index is 5.16. The van der Waals surface area contributed by atoms with Crippen LogP contribution in [0.3, 0.4) is 0 Å². The molecule has 1 unspecified atom stereocenters. The van der Waals surface area contributed by atoms with E-state index >= 15 is 0 Å². The summed E-state index contributed by atoms with van der Waals surface area (Å²) in [5.74, 6) is 1.72. The molecule has 2 N–H and O–H groups in total. The van der Waals surface area contributed by atoms with Crippen molar-refractivity contribution in [2.45, 2.75) is 12.6 Å². The van der Waals surface area contributed by atoms with Crippen LogP contribution in [0.1, 0.15) is 17.4 Å². The first-order chi connectivity index (χ1) is 9.86. The van der Waals surface area contributed by atoms with Gasteiger partial charge in [-0.05, 0) is 28.1 Å². The number of ether oxygens (including phenoxy) is 1. The lowest BCUT2D eigenvalue weighted by Crippen LogP contribution is -2.43. The lowest BCUT2D eigenvalue weighted by atomic mass is 10.2. The van der Waals surface area contributed by atoms with Gasteiger partial charge < -0.3 is 15.4 Å². The molecular formula is C13H18N6O. The van der Waals surface area contributed by atoms with Crippen LogP contribution in [0.4, 0.5) is 0 Å². The number of nitrogens with one attached hydrogen (secondary N) is 2. The molecule has 3 rings (SSSR count). The van der Waals surface area contributed by atoms with Crippen molar-refractivity contribution in [2.75, 3.05) is 26.7 Å². The van der Waals surface area contributed by atoms with Crippen LogP contribution in [0.25, 0.3) is 0 Å². The Kier molecular flexibility index (Phi) is 3.89. The maximum Gasteiger partial charge on any atom is 0.169 e. The van der Waals surface area contributed by atoms with Crippen LogP contribution in [0.5, 0.6) is 5.75 Å². The van der Waals surface area contributed by atoms with Gasteiger partial charge in [0.15, 0.2) is 5.82 Å². The van der Waals surface area contributed by atoms with Gasteiger partial charge in [-0.3, -0.25) is 0 Å². The Labute approximate surface area is 117 Å². The molecule has 0 aliphatic carbocycles. The number of aromatic nitrogens is 4. The van der Waals surface area contributed by atoms with Crippen molar-refractivity contribution in [3.8, 4) is 5.75 Å². The number of methoxy groups -OCH3 is 1. The van der Waals surface area contributed by atoms with Crippen molar-refractivity contribution in [3.05, 3.63) is 35.7 Å². The summed E-state index contributed by atoms with van der Waals surface area (Å²) in [4.78, 5) is 0. The predicted octanol–water partition coefficient (Wildman–Crippen LogP) is -0.0361. The van der Waals surface area contributed by atoms with Gasteiger partial charge in [0, 0.05) is 19.6 Å². The molecule has 20 heavy (non-hydrogen) atoms. The molecule has 0 spiro atoms. The van der Waals surface area contributed by atoms with Crippen molar-refractivity contribution in [2.24, 2.45) is 0 Å². The number of rotatable bonds is 4. The lowest BCUT2D eigenvalue weighted by Gasteiger charge is -2.23. The zero-order valence-electron chi connectivity index (χ0n) is 11.4. The summed E-state index contributed by atoms with van der Waals surface area (Å²) >= 11 is 0. The fourth-order valence-corrected chi connectivity index (χ4v) is 2.31. The van der Waals surface area contributed by atoms with E-state index in [0.717, 1.165) is 36.8 Å². The summed E-state index contributed by atoms with van der Waals surface area (Å²) in [5, 5.41) is 18.8. The quantitative estimate of drug-likeness (QED) is 0.815. The Morgan fingerprint density at radius 2 is 2.15 bits per heavy atom. The standard InChI is InChI=1S/C13H18N6O/c1-20-11-4-2-10(3-5-11)9-19-13(16-17-18-19)12-8-14-6-7-15-12/h2-5,12,14-15H,6-9H2,1H3. The maximum atomic E-state index is 5.16. The van der Waals surface area contributed by atoms with E-state index in [9.17, 15) is 0 Å². The molecule has 106 valence electrons. The van der Waals surface area contributed by atoms with Crippen LogP contribution in [-0.2, 0) is 6.54 Å². The van der Waals surface area contributed by atoms with Gasteiger partial charge in [0.2, 0.25) is 0 Å². The van der Waals surface area contributed by atoms with Crippen molar-refractivity contribution >= 4 is 0 Å². The van der Waals surface area contributed by atoms with Crippen LogP contribution in [0, 0.1) is 0 Å². The molecule has 0 radical (unpaired) electrons. The van der Waals surface area contributed by atoms with Crippen molar-refractivity contribution < 1.29 is 4.74 Å². The van der Waals surface area contributed by atoms with Crippen molar-refractivity contribution in [1.82, 2.24) is 30.8 Å². The molecule has 1 aromatic heterocycles. The fraction of sp³-hybridized carbons (Fsp3) is 0.462. The van der Waals surface area contributed by atoms with E-state index in [-0.39, 0.29) is 6.04 Å². The zero-order valence-corrected chi connectivity index (χ0v) is 11.4. The summed E-state index contributed by atoms with van der Waals surface area (Å²) in [5.41, 5.74) is 1.14. The molecule has 1 aliphatic rings. The highest BCUT2D eigenvalue weighted by atomic mass is 16.5. The van der Waals surface area contributed by atoms with Gasteiger partial charge in [-0.1, -0.05) is 12.1 Å². The van der Waals surface area contributed by atoms with Crippen LogP contribution >= 0.6 is 0 Å². The SMILES string of the molecule is COc1ccc(Cn2nnnc2C2CNCCN2)cc1. The Morgan fingerprint density at radius 3 is 2.85 bits per heavy atom.